The van der Waals surface area contributed by atoms with E-state index in [-0.39, 0.29) is 22.4 Å². The predicted molar refractivity (Wildman–Crippen MR) is 144 cm³/mol. The maximum Gasteiger partial charge on any atom is 0.356 e. The zero-order valence-corrected chi connectivity index (χ0v) is 21.3. The summed E-state index contributed by atoms with van der Waals surface area (Å²) in [6.07, 6.45) is 0. The van der Waals surface area contributed by atoms with Crippen LogP contribution in [0.25, 0.3) is 11.1 Å². The molecule has 0 radical (unpaired) electrons. The fourth-order valence-corrected chi connectivity index (χ4v) is 4.59. The van der Waals surface area contributed by atoms with E-state index in [0.29, 0.717) is 22.5 Å². The Labute approximate surface area is 217 Å². The third kappa shape index (κ3) is 6.70. The van der Waals surface area contributed by atoms with Gasteiger partial charge in [-0.1, -0.05) is 24.3 Å². The summed E-state index contributed by atoms with van der Waals surface area (Å²) >= 11 is 0. The quantitative estimate of drug-likeness (QED) is 0.189. The largest absolute Gasteiger partial charge is 0.356 e. The first-order valence-electron chi connectivity index (χ1n) is 11.1. The standard InChI is InChI=1S/C26H22N2O8P2/c29-25(27-21-9-13-23(14-10-21)37(31,32)33)19-5-1-17(2-6-19)18-3-7-20(8-4-18)26(30)28-22-11-15-24(16-12-22)38(34,35)36/h1-16H,(H,27,29)(H,28,30)(H2,31,32,33)(H2,34,35,36). The van der Waals surface area contributed by atoms with Gasteiger partial charge in [-0.3, -0.25) is 18.7 Å². The second-order valence-corrected chi connectivity index (χ2v) is 11.5. The first kappa shape index (κ1) is 27.2. The fraction of sp³-hybridized carbons (Fsp3) is 0. The molecule has 0 unspecified atom stereocenters. The van der Waals surface area contributed by atoms with Crippen molar-refractivity contribution >= 4 is 49.0 Å². The molecule has 0 aliphatic heterocycles. The summed E-state index contributed by atoms with van der Waals surface area (Å²) in [6, 6.07) is 24.2. The van der Waals surface area contributed by atoms with Gasteiger partial charge in [0.25, 0.3) is 11.8 Å². The summed E-state index contributed by atoms with van der Waals surface area (Å²) in [7, 11) is -8.71. The first-order chi connectivity index (χ1) is 17.9. The Morgan fingerprint density at radius 3 is 1.03 bits per heavy atom. The van der Waals surface area contributed by atoms with E-state index in [0.717, 1.165) is 11.1 Å². The predicted octanol–water partition coefficient (Wildman–Crippen LogP) is 3.46. The van der Waals surface area contributed by atoms with E-state index in [2.05, 4.69) is 10.6 Å². The molecule has 0 spiro atoms. The third-order valence-corrected chi connectivity index (χ3v) is 7.49. The summed E-state index contributed by atoms with van der Waals surface area (Å²) in [5.41, 5.74) is 3.17. The molecule has 0 bridgehead atoms. The van der Waals surface area contributed by atoms with Crippen LogP contribution < -0.4 is 21.2 Å². The van der Waals surface area contributed by atoms with Crippen molar-refractivity contribution in [1.29, 1.82) is 0 Å². The highest BCUT2D eigenvalue weighted by Crippen LogP contribution is 2.34. The van der Waals surface area contributed by atoms with Crippen LogP contribution in [0, 0.1) is 0 Å². The smallest absolute Gasteiger partial charge is 0.322 e. The van der Waals surface area contributed by atoms with Crippen LogP contribution in [0.2, 0.25) is 0 Å². The summed E-state index contributed by atoms with van der Waals surface area (Å²) in [4.78, 5) is 61.8. The molecule has 0 aliphatic carbocycles. The van der Waals surface area contributed by atoms with E-state index in [1.807, 2.05) is 0 Å². The molecule has 4 aromatic rings. The van der Waals surface area contributed by atoms with Crippen LogP contribution >= 0.6 is 15.2 Å². The molecular formula is C26H22N2O8P2. The summed E-state index contributed by atoms with van der Waals surface area (Å²) < 4.78 is 22.5. The summed E-state index contributed by atoms with van der Waals surface area (Å²) in [5.74, 6) is -0.775. The number of carbonyl (C=O) groups excluding carboxylic acids is 2. The lowest BCUT2D eigenvalue weighted by atomic mass is 10.0. The van der Waals surface area contributed by atoms with Crippen LogP contribution in [0.5, 0.6) is 0 Å². The summed E-state index contributed by atoms with van der Waals surface area (Å²) in [5, 5.41) is 5.07. The first-order valence-corrected chi connectivity index (χ1v) is 14.3. The molecule has 0 saturated carbocycles. The minimum Gasteiger partial charge on any atom is -0.322 e. The number of anilines is 2. The van der Waals surface area contributed by atoms with Gasteiger partial charge >= 0.3 is 15.2 Å². The van der Waals surface area contributed by atoms with Crippen LogP contribution in [-0.2, 0) is 9.13 Å². The molecule has 0 aromatic heterocycles. The van der Waals surface area contributed by atoms with E-state index >= 15 is 0 Å². The molecule has 0 atom stereocenters. The SMILES string of the molecule is O=C(Nc1ccc(P(=O)(O)O)cc1)c1ccc(-c2ccc(C(=O)Nc3ccc(P(=O)(O)O)cc3)cc2)cc1. The highest BCUT2D eigenvalue weighted by Gasteiger charge is 2.17. The van der Waals surface area contributed by atoms with E-state index in [9.17, 15) is 38.3 Å². The Morgan fingerprint density at radius 2 is 0.763 bits per heavy atom. The van der Waals surface area contributed by atoms with Crippen LogP contribution in [0.3, 0.4) is 0 Å². The number of benzene rings is 4. The van der Waals surface area contributed by atoms with E-state index in [1.165, 1.54) is 48.5 Å². The van der Waals surface area contributed by atoms with Gasteiger partial charge in [-0.15, -0.1) is 0 Å². The van der Waals surface area contributed by atoms with Crippen molar-refractivity contribution in [2.45, 2.75) is 0 Å². The Kier molecular flexibility index (Phi) is 7.76. The lowest BCUT2D eigenvalue weighted by Gasteiger charge is -2.09. The summed E-state index contributed by atoms with van der Waals surface area (Å²) in [6.45, 7) is 0. The Bertz CT molecular complexity index is 1440. The monoisotopic (exact) mass is 552 g/mol. The van der Waals surface area contributed by atoms with Crippen molar-refractivity contribution < 1.29 is 38.3 Å². The molecular weight excluding hydrogens is 530 g/mol. The third-order valence-electron chi connectivity index (χ3n) is 5.55. The Balaban J connectivity index is 1.38. The van der Waals surface area contributed by atoms with Gasteiger partial charge < -0.3 is 30.2 Å². The number of hydrogen-bond donors (Lipinski definition) is 6. The minimum absolute atomic E-state index is 0.139. The van der Waals surface area contributed by atoms with Crippen molar-refractivity contribution in [2.75, 3.05) is 10.6 Å². The maximum atomic E-state index is 12.5. The van der Waals surface area contributed by atoms with Gasteiger partial charge in [0.1, 0.15) is 0 Å². The normalized spacial score (nSPS) is 11.6. The molecule has 0 fully saturated rings. The molecule has 10 nitrogen and oxygen atoms in total. The second-order valence-electron chi connectivity index (χ2n) is 8.24. The molecule has 0 aliphatic rings. The molecule has 0 heterocycles. The van der Waals surface area contributed by atoms with Gasteiger partial charge in [0.15, 0.2) is 0 Å². The van der Waals surface area contributed by atoms with Crippen LogP contribution in [0.4, 0.5) is 11.4 Å². The molecule has 4 aromatic carbocycles. The lowest BCUT2D eigenvalue weighted by molar-refractivity contribution is 0.101. The molecule has 4 rings (SSSR count). The van der Waals surface area contributed by atoms with Gasteiger partial charge in [0.05, 0.1) is 10.6 Å². The van der Waals surface area contributed by atoms with Crippen molar-refractivity contribution in [3.63, 3.8) is 0 Å². The zero-order valence-electron chi connectivity index (χ0n) is 19.6. The Hall–Kier alpha value is -3.88. The lowest BCUT2D eigenvalue weighted by Crippen LogP contribution is -2.13. The maximum absolute atomic E-state index is 12.5. The number of amides is 2. The van der Waals surface area contributed by atoms with Crippen molar-refractivity contribution in [2.24, 2.45) is 0 Å². The van der Waals surface area contributed by atoms with Crippen LogP contribution in [0.1, 0.15) is 20.7 Å². The number of carbonyl (C=O) groups is 2. The average molecular weight is 552 g/mol. The van der Waals surface area contributed by atoms with Crippen molar-refractivity contribution in [3.05, 3.63) is 108 Å². The molecule has 38 heavy (non-hydrogen) atoms. The number of nitrogens with one attached hydrogen (secondary N) is 2. The van der Waals surface area contributed by atoms with Crippen LogP contribution in [-0.4, -0.2) is 31.4 Å². The van der Waals surface area contributed by atoms with E-state index in [4.69, 9.17) is 0 Å². The highest BCUT2D eigenvalue weighted by molar-refractivity contribution is 7.60. The minimum atomic E-state index is -4.36. The van der Waals surface area contributed by atoms with Gasteiger partial charge in [-0.05, 0) is 83.9 Å². The van der Waals surface area contributed by atoms with Crippen molar-refractivity contribution in [1.82, 2.24) is 0 Å². The molecule has 6 N–H and O–H groups in total. The molecule has 194 valence electrons. The molecule has 2 amide bonds. The topological polar surface area (TPSA) is 173 Å². The van der Waals surface area contributed by atoms with Gasteiger partial charge in [0.2, 0.25) is 0 Å². The van der Waals surface area contributed by atoms with Gasteiger partial charge in [-0.2, -0.15) is 0 Å². The number of hydrogen-bond acceptors (Lipinski definition) is 4. The van der Waals surface area contributed by atoms with E-state index < -0.39 is 15.2 Å². The fourth-order valence-electron chi connectivity index (χ4n) is 3.51. The van der Waals surface area contributed by atoms with Gasteiger partial charge in [-0.25, -0.2) is 0 Å². The van der Waals surface area contributed by atoms with E-state index in [1.54, 1.807) is 48.5 Å². The van der Waals surface area contributed by atoms with Crippen molar-refractivity contribution in [3.8, 4) is 11.1 Å². The van der Waals surface area contributed by atoms with Crippen LogP contribution in [0.15, 0.2) is 97.1 Å². The highest BCUT2D eigenvalue weighted by atomic mass is 31.2. The number of rotatable bonds is 7. The zero-order chi connectivity index (χ0) is 27.5. The second kappa shape index (κ2) is 10.8. The molecule has 0 saturated heterocycles. The van der Waals surface area contributed by atoms with Gasteiger partial charge in [0, 0.05) is 22.5 Å². The Morgan fingerprint density at radius 1 is 0.474 bits per heavy atom. The average Bonchev–Trinajstić information content (AvgIpc) is 2.88. The molecule has 12 heteroatoms.